The Balaban J connectivity index is 3.38. The van der Waals surface area contributed by atoms with E-state index in [2.05, 4.69) is 26.8 Å². The summed E-state index contributed by atoms with van der Waals surface area (Å²) in [5.41, 5.74) is 1.69. The molecule has 0 aliphatic heterocycles. The second-order valence-electron chi connectivity index (χ2n) is 4.52. The summed E-state index contributed by atoms with van der Waals surface area (Å²) in [6.45, 7) is 6.83. The molecule has 0 N–H and O–H groups in total. The highest BCUT2D eigenvalue weighted by molar-refractivity contribution is 5.00. The number of hydrogen-bond acceptors (Lipinski definition) is 0. The largest absolute Gasteiger partial charge is 0.0854 e. The Labute approximate surface area is 97.2 Å². The fourth-order valence-electron chi connectivity index (χ4n) is 1.90. The summed E-state index contributed by atoms with van der Waals surface area (Å²) in [5, 5.41) is 0. The Morgan fingerprint density at radius 1 is 0.800 bits per heavy atom. The van der Waals surface area contributed by atoms with Crippen LogP contribution in [0.2, 0.25) is 0 Å². The Morgan fingerprint density at radius 2 is 1.47 bits per heavy atom. The molecule has 0 aliphatic rings. The molecule has 0 heteroatoms. The van der Waals surface area contributed by atoms with E-state index < -0.39 is 0 Å². The zero-order valence-corrected chi connectivity index (χ0v) is 11.1. The first-order valence-electron chi connectivity index (χ1n) is 7.03. The lowest BCUT2D eigenvalue weighted by Gasteiger charge is -2.04. The van der Waals surface area contributed by atoms with Crippen molar-refractivity contribution in [3.05, 3.63) is 11.6 Å². The zero-order chi connectivity index (χ0) is 11.4. The molecule has 0 saturated carbocycles. The van der Waals surface area contributed by atoms with Crippen LogP contribution >= 0.6 is 0 Å². The highest BCUT2D eigenvalue weighted by atomic mass is 14.0. The van der Waals surface area contributed by atoms with E-state index >= 15 is 0 Å². The molecule has 0 spiro atoms. The van der Waals surface area contributed by atoms with Crippen molar-refractivity contribution in [1.82, 2.24) is 0 Å². The van der Waals surface area contributed by atoms with Crippen molar-refractivity contribution in [1.29, 1.82) is 0 Å². The lowest BCUT2D eigenvalue weighted by Crippen LogP contribution is -1.84. The van der Waals surface area contributed by atoms with Gasteiger partial charge in [-0.25, -0.2) is 0 Å². The summed E-state index contributed by atoms with van der Waals surface area (Å²) < 4.78 is 0. The average molecular weight is 210 g/mol. The molecule has 0 atom stereocenters. The maximum atomic E-state index is 2.46. The molecule has 0 radical (unpaired) electrons. The molecule has 0 aromatic carbocycles. The smallest absolute Gasteiger partial charge is 0.0320 e. The van der Waals surface area contributed by atoms with Crippen LogP contribution in [-0.4, -0.2) is 0 Å². The summed E-state index contributed by atoms with van der Waals surface area (Å²) in [5.74, 6) is 0. The van der Waals surface area contributed by atoms with Crippen LogP contribution in [0.4, 0.5) is 0 Å². The third kappa shape index (κ3) is 10.0. The first kappa shape index (κ1) is 14.7. The molecule has 90 valence electrons. The van der Waals surface area contributed by atoms with E-state index in [0.29, 0.717) is 0 Å². The predicted molar refractivity (Wildman–Crippen MR) is 71.3 cm³/mol. The molecule has 0 fully saturated rings. The Morgan fingerprint density at radius 3 is 2.07 bits per heavy atom. The monoisotopic (exact) mass is 210 g/mol. The summed E-state index contributed by atoms with van der Waals surface area (Å²) in [6.07, 6.45) is 16.2. The highest BCUT2D eigenvalue weighted by Crippen LogP contribution is 2.15. The minimum atomic E-state index is 1.26. The average Bonchev–Trinajstić information content (AvgIpc) is 2.27. The van der Waals surface area contributed by atoms with Gasteiger partial charge in [-0.1, -0.05) is 70.9 Å². The van der Waals surface area contributed by atoms with Crippen molar-refractivity contribution in [2.24, 2.45) is 0 Å². The van der Waals surface area contributed by atoms with Gasteiger partial charge in [0, 0.05) is 0 Å². The third-order valence-electron chi connectivity index (χ3n) is 3.03. The fraction of sp³-hybridized carbons (Fsp3) is 0.867. The molecule has 0 unspecified atom stereocenters. The predicted octanol–water partition coefficient (Wildman–Crippen LogP) is 5.87. The molecule has 0 saturated heterocycles. The Hall–Kier alpha value is -0.260. The van der Waals surface area contributed by atoms with Crippen molar-refractivity contribution in [2.75, 3.05) is 0 Å². The number of rotatable bonds is 10. The maximum Gasteiger partial charge on any atom is -0.0320 e. The van der Waals surface area contributed by atoms with Crippen LogP contribution in [-0.2, 0) is 0 Å². The minimum absolute atomic E-state index is 1.26. The van der Waals surface area contributed by atoms with Crippen LogP contribution < -0.4 is 0 Å². The Kier molecular flexibility index (Phi) is 11.6. The second-order valence-corrected chi connectivity index (χ2v) is 4.52. The molecule has 0 aromatic heterocycles. The summed E-state index contributed by atoms with van der Waals surface area (Å²) in [4.78, 5) is 0. The molecule has 0 nitrogen and oxygen atoms in total. The molecule has 0 aromatic rings. The van der Waals surface area contributed by atoms with Crippen molar-refractivity contribution in [3.8, 4) is 0 Å². The van der Waals surface area contributed by atoms with Crippen LogP contribution in [0.5, 0.6) is 0 Å². The van der Waals surface area contributed by atoms with Gasteiger partial charge in [-0.05, 0) is 25.7 Å². The van der Waals surface area contributed by atoms with E-state index in [1.165, 1.54) is 64.2 Å². The van der Waals surface area contributed by atoms with Gasteiger partial charge in [-0.2, -0.15) is 0 Å². The van der Waals surface area contributed by atoms with Crippen molar-refractivity contribution < 1.29 is 0 Å². The highest BCUT2D eigenvalue weighted by Gasteiger charge is 1.95. The summed E-state index contributed by atoms with van der Waals surface area (Å²) >= 11 is 0. The normalized spacial score (nSPS) is 12.1. The maximum absolute atomic E-state index is 2.46. The molecular formula is C15H30. The van der Waals surface area contributed by atoms with E-state index in [0.717, 1.165) is 0 Å². The van der Waals surface area contributed by atoms with Crippen LogP contribution in [0.15, 0.2) is 11.6 Å². The van der Waals surface area contributed by atoms with Crippen molar-refractivity contribution in [3.63, 3.8) is 0 Å². The number of unbranched alkanes of at least 4 members (excludes halogenated alkanes) is 6. The SMILES string of the molecule is CCC/C=C(\CC)CCCCCCCC. The topological polar surface area (TPSA) is 0 Å². The van der Waals surface area contributed by atoms with Gasteiger partial charge in [-0.3, -0.25) is 0 Å². The van der Waals surface area contributed by atoms with Gasteiger partial charge >= 0.3 is 0 Å². The van der Waals surface area contributed by atoms with Gasteiger partial charge < -0.3 is 0 Å². The van der Waals surface area contributed by atoms with Gasteiger partial charge in [0.1, 0.15) is 0 Å². The molecule has 0 rings (SSSR count). The van der Waals surface area contributed by atoms with Crippen LogP contribution in [0.25, 0.3) is 0 Å². The van der Waals surface area contributed by atoms with E-state index in [-0.39, 0.29) is 0 Å². The Bertz CT molecular complexity index is 144. The first-order chi connectivity index (χ1) is 7.35. The van der Waals surface area contributed by atoms with E-state index in [1.807, 2.05) is 0 Å². The van der Waals surface area contributed by atoms with Crippen molar-refractivity contribution >= 4 is 0 Å². The van der Waals surface area contributed by atoms with Crippen LogP contribution in [0.1, 0.15) is 85.0 Å². The lowest BCUT2D eigenvalue weighted by atomic mass is 10.0. The van der Waals surface area contributed by atoms with Gasteiger partial charge in [0.15, 0.2) is 0 Å². The molecule has 0 aliphatic carbocycles. The van der Waals surface area contributed by atoms with E-state index in [1.54, 1.807) is 5.57 Å². The summed E-state index contributed by atoms with van der Waals surface area (Å²) in [7, 11) is 0. The quantitative estimate of drug-likeness (QED) is 0.312. The van der Waals surface area contributed by atoms with Crippen LogP contribution in [0.3, 0.4) is 0 Å². The zero-order valence-electron chi connectivity index (χ0n) is 11.1. The molecule has 15 heavy (non-hydrogen) atoms. The van der Waals surface area contributed by atoms with Crippen LogP contribution in [0, 0.1) is 0 Å². The molecule has 0 heterocycles. The van der Waals surface area contributed by atoms with Gasteiger partial charge in [0.05, 0.1) is 0 Å². The third-order valence-corrected chi connectivity index (χ3v) is 3.03. The van der Waals surface area contributed by atoms with Gasteiger partial charge in [-0.15, -0.1) is 0 Å². The minimum Gasteiger partial charge on any atom is -0.0854 e. The molecular weight excluding hydrogens is 180 g/mol. The fourth-order valence-corrected chi connectivity index (χ4v) is 1.90. The summed E-state index contributed by atoms with van der Waals surface area (Å²) in [6, 6.07) is 0. The number of hydrogen-bond donors (Lipinski definition) is 0. The molecule has 0 bridgehead atoms. The molecule has 0 amide bonds. The van der Waals surface area contributed by atoms with Crippen molar-refractivity contribution in [2.45, 2.75) is 85.0 Å². The number of allylic oxidation sites excluding steroid dienone is 2. The lowest BCUT2D eigenvalue weighted by molar-refractivity contribution is 0.603. The second kappa shape index (κ2) is 11.8. The van der Waals surface area contributed by atoms with Gasteiger partial charge in [0.25, 0.3) is 0 Å². The van der Waals surface area contributed by atoms with E-state index in [9.17, 15) is 0 Å². The van der Waals surface area contributed by atoms with E-state index in [4.69, 9.17) is 0 Å². The first-order valence-corrected chi connectivity index (χ1v) is 7.03. The standard InChI is InChI=1S/C15H30/c1-4-7-9-10-11-12-14-15(6-3)13-8-5-2/h13H,4-12,14H2,1-3H3/b15-13+. The van der Waals surface area contributed by atoms with Gasteiger partial charge in [0.2, 0.25) is 0 Å².